The number of halogens is 1. The Bertz CT molecular complexity index is 435. The minimum absolute atomic E-state index is 0.403. The molecule has 18 heavy (non-hydrogen) atoms. The first-order valence-electron chi connectivity index (χ1n) is 5.60. The van der Waals surface area contributed by atoms with E-state index >= 15 is 0 Å². The van der Waals surface area contributed by atoms with Gasteiger partial charge in [0.05, 0.1) is 5.69 Å². The summed E-state index contributed by atoms with van der Waals surface area (Å²) in [5.74, 6) is 0. The van der Waals surface area contributed by atoms with E-state index in [0.29, 0.717) is 36.5 Å². The van der Waals surface area contributed by atoms with Crippen LogP contribution >= 0.6 is 15.9 Å². The van der Waals surface area contributed by atoms with Crippen LogP contribution in [0.5, 0.6) is 0 Å². The standard InChI is InChI=1S/C11H14BrN3O3/c12-9-3-1-2-8(13-9)10(16)14-4-6-15(7-5-14)11(17)18/h1-3,10,16H,4-7H2,(H,17,18). The van der Waals surface area contributed by atoms with Crippen LogP contribution < -0.4 is 0 Å². The lowest BCUT2D eigenvalue weighted by atomic mass is 10.2. The molecule has 1 aliphatic heterocycles. The second-order valence-corrected chi connectivity index (χ2v) is 4.88. The molecule has 1 amide bonds. The van der Waals surface area contributed by atoms with Crippen molar-refractivity contribution in [2.75, 3.05) is 26.2 Å². The Kier molecular flexibility index (Phi) is 4.15. The number of hydrogen-bond donors (Lipinski definition) is 2. The third-order valence-corrected chi connectivity index (χ3v) is 3.37. The first-order valence-corrected chi connectivity index (χ1v) is 6.39. The number of piperazine rings is 1. The Morgan fingerprint density at radius 2 is 2.00 bits per heavy atom. The smallest absolute Gasteiger partial charge is 0.407 e. The largest absolute Gasteiger partial charge is 0.465 e. The van der Waals surface area contributed by atoms with E-state index < -0.39 is 12.3 Å². The maximum absolute atomic E-state index is 10.8. The molecule has 2 heterocycles. The molecular formula is C11H14BrN3O3. The molecule has 0 spiro atoms. The number of hydrogen-bond acceptors (Lipinski definition) is 4. The topological polar surface area (TPSA) is 76.9 Å². The first kappa shape index (κ1) is 13.3. The number of carboxylic acid groups (broad SMARTS) is 1. The summed E-state index contributed by atoms with van der Waals surface area (Å²) in [5.41, 5.74) is 0.563. The molecule has 0 saturated carbocycles. The van der Waals surface area contributed by atoms with E-state index in [-0.39, 0.29) is 0 Å². The molecule has 1 unspecified atom stereocenters. The minimum atomic E-state index is -0.912. The average molecular weight is 316 g/mol. The van der Waals surface area contributed by atoms with Crippen molar-refractivity contribution in [2.45, 2.75) is 6.23 Å². The molecule has 6 nitrogen and oxygen atoms in total. The fraction of sp³-hybridized carbons (Fsp3) is 0.455. The molecule has 0 radical (unpaired) electrons. The molecule has 1 fully saturated rings. The van der Waals surface area contributed by atoms with Gasteiger partial charge in [0.1, 0.15) is 4.60 Å². The third-order valence-electron chi connectivity index (χ3n) is 2.93. The van der Waals surface area contributed by atoms with E-state index in [2.05, 4.69) is 20.9 Å². The van der Waals surface area contributed by atoms with Crippen LogP contribution in [0.4, 0.5) is 4.79 Å². The normalized spacial score (nSPS) is 18.7. The van der Waals surface area contributed by atoms with Gasteiger partial charge in [0.2, 0.25) is 0 Å². The summed E-state index contributed by atoms with van der Waals surface area (Å²) in [6.45, 7) is 1.81. The quantitative estimate of drug-likeness (QED) is 0.800. The van der Waals surface area contributed by atoms with Crippen LogP contribution in [-0.4, -0.2) is 57.3 Å². The zero-order valence-electron chi connectivity index (χ0n) is 9.66. The number of pyridine rings is 1. The van der Waals surface area contributed by atoms with E-state index in [4.69, 9.17) is 5.11 Å². The fourth-order valence-electron chi connectivity index (χ4n) is 1.91. The van der Waals surface area contributed by atoms with Gasteiger partial charge in [-0.15, -0.1) is 0 Å². The summed E-state index contributed by atoms with van der Waals surface area (Å²) in [4.78, 5) is 18.1. The van der Waals surface area contributed by atoms with Gasteiger partial charge in [-0.2, -0.15) is 0 Å². The molecule has 1 saturated heterocycles. The van der Waals surface area contributed by atoms with Gasteiger partial charge in [0.15, 0.2) is 6.23 Å². The molecule has 1 aromatic heterocycles. The van der Waals surface area contributed by atoms with Crippen LogP contribution in [-0.2, 0) is 0 Å². The summed E-state index contributed by atoms with van der Waals surface area (Å²) < 4.78 is 0.670. The summed E-state index contributed by atoms with van der Waals surface area (Å²) in [6, 6.07) is 5.35. The molecule has 0 aromatic carbocycles. The monoisotopic (exact) mass is 315 g/mol. The Labute approximate surface area is 113 Å². The first-order chi connectivity index (χ1) is 8.58. The number of rotatable bonds is 2. The molecule has 1 atom stereocenters. The second-order valence-electron chi connectivity index (χ2n) is 4.06. The lowest BCUT2D eigenvalue weighted by Crippen LogP contribution is -2.49. The van der Waals surface area contributed by atoms with Gasteiger partial charge in [-0.25, -0.2) is 9.78 Å². The third kappa shape index (κ3) is 2.98. The maximum atomic E-state index is 10.8. The Hall–Kier alpha value is -1.18. The molecule has 0 aliphatic carbocycles. The summed E-state index contributed by atoms with van der Waals surface area (Å²) in [7, 11) is 0. The van der Waals surface area contributed by atoms with Crippen LogP contribution in [0.1, 0.15) is 11.9 Å². The number of nitrogens with zero attached hydrogens (tertiary/aromatic N) is 3. The van der Waals surface area contributed by atoms with E-state index in [0.717, 1.165) is 0 Å². The highest BCUT2D eigenvalue weighted by Gasteiger charge is 2.26. The average Bonchev–Trinajstić information content (AvgIpc) is 2.38. The van der Waals surface area contributed by atoms with Crippen molar-refractivity contribution < 1.29 is 15.0 Å². The number of aliphatic hydroxyl groups excluding tert-OH is 1. The molecule has 2 N–H and O–H groups in total. The van der Waals surface area contributed by atoms with Crippen molar-refractivity contribution in [3.8, 4) is 0 Å². The molecule has 98 valence electrons. The lowest BCUT2D eigenvalue weighted by Gasteiger charge is -2.35. The molecular weight excluding hydrogens is 302 g/mol. The summed E-state index contributed by atoms with van der Waals surface area (Å²) in [5, 5.41) is 19.0. The van der Waals surface area contributed by atoms with Crippen LogP contribution in [0.2, 0.25) is 0 Å². The predicted molar refractivity (Wildman–Crippen MR) is 68.1 cm³/mol. The maximum Gasteiger partial charge on any atom is 0.407 e. The zero-order valence-corrected chi connectivity index (χ0v) is 11.2. The number of aliphatic hydroxyl groups is 1. The van der Waals surface area contributed by atoms with Crippen LogP contribution in [0.3, 0.4) is 0 Å². The second kappa shape index (κ2) is 5.64. The van der Waals surface area contributed by atoms with Crippen molar-refractivity contribution in [3.63, 3.8) is 0 Å². The highest BCUT2D eigenvalue weighted by atomic mass is 79.9. The lowest BCUT2D eigenvalue weighted by molar-refractivity contribution is -0.0269. The van der Waals surface area contributed by atoms with E-state index in [1.165, 1.54) is 4.90 Å². The van der Waals surface area contributed by atoms with Crippen molar-refractivity contribution >= 4 is 22.0 Å². The summed E-state index contributed by atoms with van der Waals surface area (Å²) >= 11 is 3.26. The van der Waals surface area contributed by atoms with Crippen molar-refractivity contribution in [3.05, 3.63) is 28.5 Å². The highest BCUT2D eigenvalue weighted by molar-refractivity contribution is 9.10. The molecule has 7 heteroatoms. The number of carbonyl (C=O) groups is 1. The number of amides is 1. The van der Waals surface area contributed by atoms with Crippen LogP contribution in [0, 0.1) is 0 Å². The SMILES string of the molecule is O=C(O)N1CCN(C(O)c2cccc(Br)n2)CC1. The van der Waals surface area contributed by atoms with Gasteiger partial charge in [0.25, 0.3) is 0 Å². The van der Waals surface area contributed by atoms with Gasteiger partial charge in [-0.3, -0.25) is 4.90 Å². The molecule has 0 bridgehead atoms. The van der Waals surface area contributed by atoms with Gasteiger partial charge in [0, 0.05) is 26.2 Å². The van der Waals surface area contributed by atoms with E-state index in [1.54, 1.807) is 12.1 Å². The van der Waals surface area contributed by atoms with Crippen LogP contribution in [0.25, 0.3) is 0 Å². The van der Waals surface area contributed by atoms with Gasteiger partial charge in [-0.1, -0.05) is 6.07 Å². The minimum Gasteiger partial charge on any atom is -0.465 e. The zero-order chi connectivity index (χ0) is 13.1. The van der Waals surface area contributed by atoms with Crippen LogP contribution in [0.15, 0.2) is 22.8 Å². The van der Waals surface area contributed by atoms with Crippen molar-refractivity contribution in [2.24, 2.45) is 0 Å². The Morgan fingerprint density at radius 3 is 2.56 bits per heavy atom. The number of aromatic nitrogens is 1. The van der Waals surface area contributed by atoms with Crippen molar-refractivity contribution in [1.29, 1.82) is 0 Å². The Balaban J connectivity index is 1.99. The van der Waals surface area contributed by atoms with E-state index in [1.807, 2.05) is 11.0 Å². The van der Waals surface area contributed by atoms with Crippen molar-refractivity contribution in [1.82, 2.24) is 14.8 Å². The van der Waals surface area contributed by atoms with Gasteiger partial charge < -0.3 is 15.1 Å². The fourth-order valence-corrected chi connectivity index (χ4v) is 2.27. The highest BCUT2D eigenvalue weighted by Crippen LogP contribution is 2.19. The van der Waals surface area contributed by atoms with Gasteiger partial charge >= 0.3 is 6.09 Å². The predicted octanol–water partition coefficient (Wildman–Crippen LogP) is 1.13. The molecule has 2 rings (SSSR count). The van der Waals surface area contributed by atoms with E-state index in [9.17, 15) is 9.90 Å². The molecule has 1 aliphatic rings. The molecule has 1 aromatic rings. The summed E-state index contributed by atoms with van der Waals surface area (Å²) in [6.07, 6.45) is -1.71. The van der Waals surface area contributed by atoms with Gasteiger partial charge in [-0.05, 0) is 28.1 Å². The Morgan fingerprint density at radius 1 is 1.33 bits per heavy atom.